The van der Waals surface area contributed by atoms with Crippen molar-refractivity contribution in [2.75, 3.05) is 13.2 Å². The van der Waals surface area contributed by atoms with Gasteiger partial charge in [0.1, 0.15) is 17.6 Å². The fourth-order valence-electron chi connectivity index (χ4n) is 2.55. The van der Waals surface area contributed by atoms with Crippen LogP contribution in [0.5, 0.6) is 5.75 Å². The van der Waals surface area contributed by atoms with Gasteiger partial charge in [0.15, 0.2) is 6.61 Å². The Kier molecular flexibility index (Phi) is 7.34. The van der Waals surface area contributed by atoms with Crippen LogP contribution in [0.4, 0.5) is 4.39 Å². The molecule has 2 aromatic carbocycles. The summed E-state index contributed by atoms with van der Waals surface area (Å²) < 4.78 is 18.4. The number of likely N-dealkylation sites (N-methyl/N-ethyl adjacent to an activating group) is 1. The first kappa shape index (κ1) is 20.4. The van der Waals surface area contributed by atoms with Crippen molar-refractivity contribution >= 4 is 11.8 Å². The van der Waals surface area contributed by atoms with Crippen LogP contribution in [0, 0.1) is 12.7 Å². The lowest BCUT2D eigenvalue weighted by Gasteiger charge is -2.28. The predicted octanol–water partition coefficient (Wildman–Crippen LogP) is 3.07. The third-order valence-electron chi connectivity index (χ3n) is 4.17. The molecule has 27 heavy (non-hydrogen) atoms. The molecule has 0 bridgehead atoms. The molecule has 1 unspecified atom stereocenters. The van der Waals surface area contributed by atoms with Crippen LogP contribution in [0.15, 0.2) is 48.5 Å². The van der Waals surface area contributed by atoms with Gasteiger partial charge in [0.25, 0.3) is 5.91 Å². The monoisotopic (exact) mass is 372 g/mol. The molecule has 0 aliphatic heterocycles. The predicted molar refractivity (Wildman–Crippen MR) is 102 cm³/mol. The average Bonchev–Trinajstić information content (AvgIpc) is 2.66. The summed E-state index contributed by atoms with van der Waals surface area (Å²) in [4.78, 5) is 26.5. The quantitative estimate of drug-likeness (QED) is 0.775. The average molecular weight is 372 g/mol. The topological polar surface area (TPSA) is 58.6 Å². The van der Waals surface area contributed by atoms with Crippen molar-refractivity contribution in [2.45, 2.75) is 33.4 Å². The third-order valence-corrected chi connectivity index (χ3v) is 4.17. The first-order chi connectivity index (χ1) is 12.9. The van der Waals surface area contributed by atoms with Crippen LogP contribution in [0.25, 0.3) is 0 Å². The van der Waals surface area contributed by atoms with E-state index >= 15 is 0 Å². The number of nitrogens with zero attached hydrogens (tertiary/aromatic N) is 1. The summed E-state index contributed by atoms with van der Waals surface area (Å²) in [6, 6.07) is 12.6. The maximum Gasteiger partial charge on any atom is 0.261 e. The molecule has 0 saturated heterocycles. The maximum atomic E-state index is 13.0. The minimum absolute atomic E-state index is 0.222. The van der Waals surface area contributed by atoms with Crippen LogP contribution in [-0.4, -0.2) is 35.9 Å². The summed E-state index contributed by atoms with van der Waals surface area (Å²) in [5.41, 5.74) is 2.04. The summed E-state index contributed by atoms with van der Waals surface area (Å²) >= 11 is 0. The largest absolute Gasteiger partial charge is 0.484 e. The molecule has 1 N–H and O–H groups in total. The number of nitrogens with one attached hydrogen (secondary N) is 1. The first-order valence-corrected chi connectivity index (χ1v) is 8.91. The molecular formula is C21H25FN2O3. The summed E-state index contributed by atoms with van der Waals surface area (Å²) in [5, 5.41) is 2.74. The van der Waals surface area contributed by atoms with Gasteiger partial charge in [-0.2, -0.15) is 0 Å². The fraction of sp³-hybridized carbons (Fsp3) is 0.333. The Bertz CT molecular complexity index is 760. The van der Waals surface area contributed by atoms with Crippen molar-refractivity contribution in [1.82, 2.24) is 10.2 Å². The van der Waals surface area contributed by atoms with Crippen LogP contribution in [0.1, 0.15) is 25.0 Å². The van der Waals surface area contributed by atoms with Crippen molar-refractivity contribution < 1.29 is 18.7 Å². The highest BCUT2D eigenvalue weighted by Gasteiger charge is 2.26. The number of hydrogen-bond donors (Lipinski definition) is 1. The Hall–Kier alpha value is -2.89. The summed E-state index contributed by atoms with van der Waals surface area (Å²) in [7, 11) is 0. The zero-order valence-electron chi connectivity index (χ0n) is 15.9. The van der Waals surface area contributed by atoms with Gasteiger partial charge in [-0.1, -0.05) is 29.8 Å². The number of rotatable bonds is 8. The molecule has 0 aliphatic rings. The van der Waals surface area contributed by atoms with E-state index in [4.69, 9.17) is 4.74 Å². The Morgan fingerprint density at radius 3 is 2.33 bits per heavy atom. The zero-order valence-corrected chi connectivity index (χ0v) is 15.9. The maximum absolute atomic E-state index is 13.0. The summed E-state index contributed by atoms with van der Waals surface area (Å²) in [6.45, 7) is 6.05. The van der Waals surface area contributed by atoms with Crippen LogP contribution < -0.4 is 10.1 Å². The van der Waals surface area contributed by atoms with Crippen LogP contribution in [0.2, 0.25) is 0 Å². The molecule has 0 saturated carbocycles. The molecule has 0 radical (unpaired) electrons. The number of ether oxygens (including phenoxy) is 1. The number of benzene rings is 2. The molecule has 1 atom stereocenters. The van der Waals surface area contributed by atoms with Gasteiger partial charge in [-0.05, 0) is 50.6 Å². The molecule has 6 heteroatoms. The van der Waals surface area contributed by atoms with Crippen LogP contribution >= 0.6 is 0 Å². The van der Waals surface area contributed by atoms with Gasteiger partial charge in [0, 0.05) is 13.1 Å². The molecule has 2 rings (SSSR count). The van der Waals surface area contributed by atoms with Gasteiger partial charge in [0.2, 0.25) is 5.91 Å². The van der Waals surface area contributed by atoms with Crippen molar-refractivity contribution in [1.29, 1.82) is 0 Å². The lowest BCUT2D eigenvalue weighted by Crippen LogP contribution is -2.49. The van der Waals surface area contributed by atoms with Gasteiger partial charge >= 0.3 is 0 Å². The highest BCUT2D eigenvalue weighted by Crippen LogP contribution is 2.14. The Labute approximate surface area is 159 Å². The number of aryl methyl sites for hydroxylation is 1. The van der Waals surface area contributed by atoms with Crippen molar-refractivity contribution in [3.05, 3.63) is 65.5 Å². The van der Waals surface area contributed by atoms with E-state index in [2.05, 4.69) is 5.32 Å². The van der Waals surface area contributed by atoms with E-state index in [9.17, 15) is 14.0 Å². The molecule has 2 aromatic rings. The molecule has 144 valence electrons. The highest BCUT2D eigenvalue weighted by atomic mass is 19.1. The lowest BCUT2D eigenvalue weighted by atomic mass is 10.1. The minimum Gasteiger partial charge on any atom is -0.484 e. The van der Waals surface area contributed by atoms with E-state index in [1.54, 1.807) is 6.92 Å². The normalized spacial score (nSPS) is 11.6. The second kappa shape index (κ2) is 9.71. The van der Waals surface area contributed by atoms with Crippen molar-refractivity contribution in [2.24, 2.45) is 0 Å². The van der Waals surface area contributed by atoms with E-state index in [-0.39, 0.29) is 24.2 Å². The Morgan fingerprint density at radius 2 is 1.74 bits per heavy atom. The van der Waals surface area contributed by atoms with E-state index in [1.807, 2.05) is 38.1 Å². The van der Waals surface area contributed by atoms with E-state index in [0.717, 1.165) is 11.1 Å². The SMILES string of the molecule is CCNC(=O)C(C)N(Cc1ccc(C)cc1)C(=O)COc1ccc(F)cc1. The molecule has 0 spiro atoms. The third kappa shape index (κ3) is 6.09. The van der Waals surface area contributed by atoms with Crippen LogP contribution in [-0.2, 0) is 16.1 Å². The summed E-state index contributed by atoms with van der Waals surface area (Å²) in [6.07, 6.45) is 0. The number of halogens is 1. The van der Waals surface area contributed by atoms with Gasteiger partial charge < -0.3 is 15.0 Å². The van der Waals surface area contributed by atoms with Crippen molar-refractivity contribution in [3.63, 3.8) is 0 Å². The molecule has 5 nitrogen and oxygen atoms in total. The smallest absolute Gasteiger partial charge is 0.261 e. The van der Waals surface area contributed by atoms with Gasteiger partial charge in [0.05, 0.1) is 0 Å². The molecule has 0 aliphatic carbocycles. The minimum atomic E-state index is -0.643. The number of carbonyl (C=O) groups excluding carboxylic acids is 2. The number of hydrogen-bond acceptors (Lipinski definition) is 3. The van der Waals surface area contributed by atoms with Gasteiger partial charge in [-0.3, -0.25) is 9.59 Å². The van der Waals surface area contributed by atoms with Crippen LogP contribution in [0.3, 0.4) is 0 Å². The second-order valence-corrected chi connectivity index (χ2v) is 6.32. The number of carbonyl (C=O) groups is 2. The Balaban J connectivity index is 2.11. The molecule has 0 heterocycles. The van der Waals surface area contributed by atoms with Crippen molar-refractivity contribution in [3.8, 4) is 5.75 Å². The number of amides is 2. The van der Waals surface area contributed by atoms with E-state index in [1.165, 1.54) is 29.2 Å². The van der Waals surface area contributed by atoms with E-state index in [0.29, 0.717) is 18.8 Å². The Morgan fingerprint density at radius 1 is 1.11 bits per heavy atom. The first-order valence-electron chi connectivity index (χ1n) is 8.91. The van der Waals surface area contributed by atoms with Gasteiger partial charge in [-0.25, -0.2) is 4.39 Å². The highest BCUT2D eigenvalue weighted by molar-refractivity contribution is 5.87. The standard InChI is InChI=1S/C21H25FN2O3/c1-4-23-21(26)16(3)24(13-17-7-5-15(2)6-8-17)20(25)14-27-19-11-9-18(22)10-12-19/h5-12,16H,4,13-14H2,1-3H3,(H,23,26). The van der Waals surface area contributed by atoms with Gasteiger partial charge in [-0.15, -0.1) is 0 Å². The molecule has 0 fully saturated rings. The fourth-order valence-corrected chi connectivity index (χ4v) is 2.55. The molecular weight excluding hydrogens is 347 g/mol. The second-order valence-electron chi connectivity index (χ2n) is 6.32. The molecule has 0 aromatic heterocycles. The van der Waals surface area contributed by atoms with E-state index < -0.39 is 6.04 Å². The molecule has 2 amide bonds. The summed E-state index contributed by atoms with van der Waals surface area (Å²) in [5.74, 6) is -0.524. The zero-order chi connectivity index (χ0) is 19.8. The lowest BCUT2D eigenvalue weighted by molar-refractivity contribution is -0.142.